The number of nitrogens with two attached hydrogens (primary N) is 1. The molecule has 10 nitrogen and oxygen atoms in total. The topological polar surface area (TPSA) is 185 Å². The van der Waals surface area contributed by atoms with Gasteiger partial charge in [-0.2, -0.15) is 4.57 Å². The first kappa shape index (κ1) is 29.3. The Hall–Kier alpha value is -2.97. The zero-order valence-electron chi connectivity index (χ0n) is 19.4. The summed E-state index contributed by atoms with van der Waals surface area (Å²) in [5.74, 6) is -1.28. The van der Waals surface area contributed by atoms with Crippen molar-refractivity contribution in [2.45, 2.75) is 38.1 Å². The Morgan fingerprint density at radius 1 is 0.944 bits per heavy atom. The fourth-order valence-electron chi connectivity index (χ4n) is 3.43. The zero-order chi connectivity index (χ0) is 27.1. The summed E-state index contributed by atoms with van der Waals surface area (Å²) in [4.78, 5) is 12.3. The first-order valence-corrected chi connectivity index (χ1v) is 13.4. The monoisotopic (exact) mass is 541 g/mol. The fourth-order valence-corrected chi connectivity index (χ4v) is 3.96. The minimum absolute atomic E-state index is 0.0117. The molecule has 0 unspecified atom stereocenters. The Bertz CT molecular complexity index is 1290. The van der Waals surface area contributed by atoms with E-state index >= 15 is 0 Å². The Labute approximate surface area is 210 Å². The molecule has 0 aliphatic rings. The molecule has 36 heavy (non-hydrogen) atoms. The van der Waals surface area contributed by atoms with Crippen molar-refractivity contribution in [2.24, 2.45) is 5.14 Å². The third-order valence-electron chi connectivity index (χ3n) is 5.01. The first-order chi connectivity index (χ1) is 16.7. The summed E-state index contributed by atoms with van der Waals surface area (Å²) in [6, 6.07) is 17.3. The molecule has 194 valence electrons. The van der Waals surface area contributed by atoms with Crippen LogP contribution in [-0.4, -0.2) is 14.3 Å². The van der Waals surface area contributed by atoms with Crippen LogP contribution in [0.2, 0.25) is 0 Å². The molecule has 13 heteroatoms. The molecule has 3 aromatic rings. The summed E-state index contributed by atoms with van der Waals surface area (Å²) in [5, 5.41) is 7.53. The number of primary sulfonamides is 1. The van der Waals surface area contributed by atoms with E-state index in [9.17, 15) is 17.6 Å². The molecule has 0 aliphatic heterocycles. The van der Waals surface area contributed by atoms with Crippen LogP contribution >= 0.6 is 0 Å². The van der Waals surface area contributed by atoms with Crippen LogP contribution in [0.5, 0.6) is 0 Å². The van der Waals surface area contributed by atoms with Crippen molar-refractivity contribution in [1.29, 1.82) is 0 Å². The van der Waals surface area contributed by atoms with E-state index in [-0.39, 0.29) is 17.1 Å². The second-order valence-corrected chi connectivity index (χ2v) is 9.82. The van der Waals surface area contributed by atoms with Crippen molar-refractivity contribution in [2.75, 3.05) is 5.32 Å². The number of halogens is 2. The van der Waals surface area contributed by atoms with E-state index in [1.54, 1.807) is 0 Å². The lowest BCUT2D eigenvalue weighted by Gasteiger charge is -2.17. The molecular weight excluding hydrogens is 517 g/mol. The van der Waals surface area contributed by atoms with Crippen LogP contribution < -0.4 is 33.7 Å². The molecule has 0 saturated carbocycles. The standard InChI is InChI=1S/C23H24FN3O3S.ClHO4/c1-3-18-12-17(16-8-6-5-7-9-16)13-19(4-2)27(18)15-23(28)26-22-11-10-20(14-21(22)24)31(25,29)30;2-1(3,4)5/h5-14H,3-4,15H2,1-2H3,(H2-,25,26,28,29,30);(H,2,3,4,5). The van der Waals surface area contributed by atoms with Gasteiger partial charge < -0.3 is 5.32 Å². The van der Waals surface area contributed by atoms with E-state index in [4.69, 9.17) is 23.8 Å². The smallest absolute Gasteiger partial charge is 0.290 e. The molecule has 0 radical (unpaired) electrons. The molecule has 2 aromatic carbocycles. The maximum atomic E-state index is 14.3. The number of benzene rings is 2. The molecule has 0 aliphatic carbocycles. The van der Waals surface area contributed by atoms with E-state index in [2.05, 4.69) is 17.4 Å². The van der Waals surface area contributed by atoms with Gasteiger partial charge in [-0.05, 0) is 29.3 Å². The van der Waals surface area contributed by atoms with Gasteiger partial charge in [0.15, 0.2) is 11.4 Å². The van der Waals surface area contributed by atoms with Crippen molar-refractivity contribution < 1.29 is 51.0 Å². The van der Waals surface area contributed by atoms with Gasteiger partial charge in [0.1, 0.15) is 5.82 Å². The highest BCUT2D eigenvalue weighted by Crippen LogP contribution is 2.21. The average molecular weight is 542 g/mol. The number of nitrogens with one attached hydrogen (secondary N) is 1. The Morgan fingerprint density at radius 3 is 1.92 bits per heavy atom. The lowest BCUT2D eigenvalue weighted by Crippen LogP contribution is -2.68. The third-order valence-corrected chi connectivity index (χ3v) is 5.93. The number of sulfonamides is 1. The van der Waals surface area contributed by atoms with Crippen LogP contribution in [0.25, 0.3) is 11.1 Å². The number of pyridine rings is 1. The highest BCUT2D eigenvalue weighted by molar-refractivity contribution is 7.89. The van der Waals surface area contributed by atoms with Gasteiger partial charge in [-0.1, -0.05) is 44.2 Å². The van der Waals surface area contributed by atoms with Crippen LogP contribution in [-0.2, 0) is 34.2 Å². The molecule has 3 N–H and O–H groups in total. The number of anilines is 1. The van der Waals surface area contributed by atoms with Crippen LogP contribution in [0.4, 0.5) is 10.1 Å². The van der Waals surface area contributed by atoms with Crippen LogP contribution in [0, 0.1) is 16.1 Å². The number of carbonyl (C=O) groups is 1. The number of carbonyl (C=O) groups excluding carboxylic acids is 1. The van der Waals surface area contributed by atoms with Gasteiger partial charge in [0.2, 0.25) is 16.6 Å². The minimum Gasteiger partial charge on any atom is -0.318 e. The number of rotatable bonds is 7. The second-order valence-electron chi connectivity index (χ2n) is 7.50. The number of hydrogen-bond donors (Lipinski definition) is 2. The van der Waals surface area contributed by atoms with E-state index in [1.807, 2.05) is 48.7 Å². The molecule has 0 fully saturated rings. The highest BCUT2D eigenvalue weighted by Gasteiger charge is 2.22. The Balaban J connectivity index is 0.000000830. The highest BCUT2D eigenvalue weighted by atomic mass is 35.7. The molecule has 3 rings (SSSR count). The zero-order valence-corrected chi connectivity index (χ0v) is 21.0. The lowest BCUT2D eigenvalue weighted by atomic mass is 10.0. The van der Waals surface area contributed by atoms with E-state index in [0.717, 1.165) is 47.5 Å². The lowest BCUT2D eigenvalue weighted by molar-refractivity contribution is -2.00. The maximum absolute atomic E-state index is 14.3. The second kappa shape index (κ2) is 12.3. The van der Waals surface area contributed by atoms with E-state index < -0.39 is 32.0 Å². The predicted molar refractivity (Wildman–Crippen MR) is 117 cm³/mol. The van der Waals surface area contributed by atoms with Crippen molar-refractivity contribution in [1.82, 2.24) is 0 Å². The summed E-state index contributed by atoms with van der Waals surface area (Å²) < 4.78 is 72.9. The molecule has 0 saturated heterocycles. The molecule has 1 aromatic heterocycles. The van der Waals surface area contributed by atoms with Crippen molar-refractivity contribution in [3.05, 3.63) is 77.9 Å². The summed E-state index contributed by atoms with van der Waals surface area (Å²) in [5.41, 5.74) is 4.04. The van der Waals surface area contributed by atoms with Crippen molar-refractivity contribution in [3.8, 4) is 11.1 Å². The average Bonchev–Trinajstić information content (AvgIpc) is 2.79. The predicted octanol–water partition coefficient (Wildman–Crippen LogP) is -1.56. The number of nitrogens with zero attached hydrogens (tertiary/aromatic N) is 1. The van der Waals surface area contributed by atoms with Crippen LogP contribution in [0.1, 0.15) is 25.2 Å². The van der Waals surface area contributed by atoms with Crippen LogP contribution in [0.3, 0.4) is 0 Å². The fraction of sp³-hybridized carbons (Fsp3) is 0.217. The summed E-state index contributed by atoms with van der Waals surface area (Å²) >= 11 is 0. The number of aryl methyl sites for hydroxylation is 2. The number of hydrogen-bond acceptors (Lipinski definition) is 7. The van der Waals surface area contributed by atoms with Gasteiger partial charge in [-0.25, -0.2) is 36.6 Å². The molecule has 0 atom stereocenters. The van der Waals surface area contributed by atoms with E-state index in [0.29, 0.717) is 0 Å². The first-order valence-electron chi connectivity index (χ1n) is 10.6. The number of amides is 1. The molecule has 0 spiro atoms. The molecule has 1 amide bonds. The Kier molecular flexibility index (Phi) is 10.0. The van der Waals surface area contributed by atoms with Crippen molar-refractivity contribution in [3.63, 3.8) is 0 Å². The normalized spacial score (nSPS) is 11.4. The largest absolute Gasteiger partial charge is 0.318 e. The van der Waals surface area contributed by atoms with Gasteiger partial charge in [0.05, 0.1) is 10.6 Å². The van der Waals surface area contributed by atoms with Crippen molar-refractivity contribution >= 4 is 21.6 Å². The molecule has 0 bridgehead atoms. The van der Waals surface area contributed by atoms with Gasteiger partial charge in [-0.15, -0.1) is 10.2 Å². The van der Waals surface area contributed by atoms with Gasteiger partial charge >= 0.3 is 0 Å². The summed E-state index contributed by atoms with van der Waals surface area (Å²) in [6.07, 6.45) is 1.44. The third kappa shape index (κ3) is 8.91. The summed E-state index contributed by atoms with van der Waals surface area (Å²) in [6.45, 7) is 4.05. The van der Waals surface area contributed by atoms with Gasteiger partial charge in [0, 0.05) is 25.0 Å². The Morgan fingerprint density at radius 2 is 1.47 bits per heavy atom. The van der Waals surface area contributed by atoms with Gasteiger partial charge in [0.25, 0.3) is 5.91 Å². The number of aromatic nitrogens is 1. The maximum Gasteiger partial charge on any atom is 0.290 e. The minimum atomic E-state index is -4.94. The summed E-state index contributed by atoms with van der Waals surface area (Å²) in [7, 11) is -8.97. The molecule has 1 heterocycles. The van der Waals surface area contributed by atoms with Crippen LogP contribution in [0.15, 0.2) is 65.6 Å². The SMILES string of the molecule is CCc1cc(-c2ccccc2)cc(CC)[n+]1CC(=O)Nc1ccc(S(N)(=O)=O)cc1F.[O-][Cl+3]([O-])([O-])[O-]. The molecular formula is C23H25ClFN3O7S. The van der Waals surface area contributed by atoms with E-state index in [1.165, 1.54) is 6.07 Å². The quantitative estimate of drug-likeness (QED) is 0.338. The van der Waals surface area contributed by atoms with Gasteiger partial charge in [-0.3, -0.25) is 4.79 Å².